The van der Waals surface area contributed by atoms with Crippen molar-refractivity contribution in [1.82, 2.24) is 0 Å². The molecular formula is C7H15ClMg. The van der Waals surface area contributed by atoms with Crippen molar-refractivity contribution in [2.24, 2.45) is 5.92 Å². The zero-order valence-corrected chi connectivity index (χ0v) is 8.08. The van der Waals surface area contributed by atoms with Crippen molar-refractivity contribution in [3.63, 3.8) is 0 Å². The van der Waals surface area contributed by atoms with Gasteiger partial charge in [0, 0.05) is 5.88 Å². The van der Waals surface area contributed by atoms with Gasteiger partial charge >= 0.3 is 23.1 Å². The van der Waals surface area contributed by atoms with E-state index in [-0.39, 0.29) is 25.9 Å². The van der Waals surface area contributed by atoms with Crippen molar-refractivity contribution in [2.75, 3.05) is 5.88 Å². The van der Waals surface area contributed by atoms with Crippen LogP contribution in [0.1, 0.15) is 35.0 Å². The third-order valence-corrected chi connectivity index (χ3v) is 2.38. The summed E-state index contributed by atoms with van der Waals surface area (Å²) in [6, 6.07) is 0. The Hall–Kier alpha value is 1.06. The first-order chi connectivity index (χ1) is 3.93. The van der Waals surface area contributed by atoms with Gasteiger partial charge in [0.2, 0.25) is 0 Å². The zero-order chi connectivity index (χ0) is 5.82. The third-order valence-electron chi connectivity index (χ3n) is 1.94. The molecule has 1 fully saturated rings. The van der Waals surface area contributed by atoms with Gasteiger partial charge in [-0.2, -0.15) is 0 Å². The molecule has 0 nitrogen and oxygen atoms in total. The van der Waals surface area contributed by atoms with Gasteiger partial charge in [0.1, 0.15) is 0 Å². The van der Waals surface area contributed by atoms with Crippen LogP contribution < -0.4 is 0 Å². The van der Waals surface area contributed by atoms with Gasteiger partial charge in [-0.25, -0.2) is 0 Å². The summed E-state index contributed by atoms with van der Waals surface area (Å²) in [5, 5.41) is 0. The van der Waals surface area contributed by atoms with Crippen molar-refractivity contribution in [1.29, 1.82) is 0 Å². The van der Waals surface area contributed by atoms with E-state index in [1.54, 1.807) is 0 Å². The summed E-state index contributed by atoms with van der Waals surface area (Å²) in [5.41, 5.74) is 0. The predicted octanol–water partition coefficient (Wildman–Crippen LogP) is 2.65. The first kappa shape index (κ1) is 10.1. The van der Waals surface area contributed by atoms with E-state index in [0.29, 0.717) is 0 Å². The molecule has 0 aliphatic heterocycles. The molecule has 0 unspecified atom stereocenters. The van der Waals surface area contributed by atoms with Gasteiger partial charge in [-0.15, -0.1) is 11.6 Å². The maximum absolute atomic E-state index is 5.68. The van der Waals surface area contributed by atoms with E-state index in [4.69, 9.17) is 11.6 Å². The zero-order valence-electron chi connectivity index (χ0n) is 7.91. The third kappa shape index (κ3) is 3.69. The smallest absolute Gasteiger partial charge is 1.00 e. The standard InChI is InChI=1S/C7H13Cl.Mg.2H/c8-6-7-4-2-1-3-5-7;;;/h7H,1-6H2;;;/q;+2;2*-1. The van der Waals surface area contributed by atoms with Crippen LogP contribution in [-0.4, -0.2) is 28.9 Å². The molecule has 0 atom stereocenters. The second-order valence-corrected chi connectivity index (χ2v) is 2.97. The van der Waals surface area contributed by atoms with Crippen LogP contribution in [0.3, 0.4) is 0 Å². The van der Waals surface area contributed by atoms with E-state index < -0.39 is 0 Å². The van der Waals surface area contributed by atoms with Crippen molar-refractivity contribution >= 4 is 34.7 Å². The molecular weight excluding hydrogens is 144 g/mol. The molecule has 0 heterocycles. The first-order valence-corrected chi connectivity index (χ1v) is 4.03. The Morgan fingerprint density at radius 2 is 1.78 bits per heavy atom. The van der Waals surface area contributed by atoms with Gasteiger partial charge in [0.05, 0.1) is 0 Å². The molecule has 0 bridgehead atoms. The molecule has 0 saturated heterocycles. The van der Waals surface area contributed by atoms with E-state index in [0.717, 1.165) is 11.8 Å². The van der Waals surface area contributed by atoms with Crippen LogP contribution >= 0.6 is 11.6 Å². The van der Waals surface area contributed by atoms with Crippen molar-refractivity contribution in [3.05, 3.63) is 0 Å². The Morgan fingerprint density at radius 3 is 2.11 bits per heavy atom. The van der Waals surface area contributed by atoms with E-state index in [2.05, 4.69) is 0 Å². The van der Waals surface area contributed by atoms with Gasteiger partial charge < -0.3 is 2.85 Å². The summed E-state index contributed by atoms with van der Waals surface area (Å²) in [5.74, 6) is 1.74. The van der Waals surface area contributed by atoms with Crippen LogP contribution in [0.15, 0.2) is 0 Å². The maximum atomic E-state index is 5.68. The molecule has 1 saturated carbocycles. The molecule has 2 heteroatoms. The van der Waals surface area contributed by atoms with Gasteiger partial charge in [-0.3, -0.25) is 0 Å². The Morgan fingerprint density at radius 1 is 1.22 bits per heavy atom. The minimum atomic E-state index is 0. The normalized spacial score (nSPS) is 21.0. The van der Waals surface area contributed by atoms with Crippen LogP contribution in [0.2, 0.25) is 0 Å². The van der Waals surface area contributed by atoms with E-state index >= 15 is 0 Å². The number of rotatable bonds is 1. The Kier molecular flexibility index (Phi) is 6.49. The van der Waals surface area contributed by atoms with E-state index in [9.17, 15) is 0 Å². The monoisotopic (exact) mass is 158 g/mol. The molecule has 0 aromatic carbocycles. The fraction of sp³-hybridized carbons (Fsp3) is 1.00. The Balaban J connectivity index is -0.000000213. The maximum Gasteiger partial charge on any atom is 2.00 e. The molecule has 0 aromatic heterocycles. The average molecular weight is 159 g/mol. The molecule has 0 spiro atoms. The molecule has 1 aliphatic carbocycles. The fourth-order valence-electron chi connectivity index (χ4n) is 1.34. The van der Waals surface area contributed by atoms with Gasteiger partial charge in [0.25, 0.3) is 0 Å². The van der Waals surface area contributed by atoms with Crippen LogP contribution in [-0.2, 0) is 0 Å². The largest absolute Gasteiger partial charge is 2.00 e. The first-order valence-electron chi connectivity index (χ1n) is 3.49. The van der Waals surface area contributed by atoms with Crippen LogP contribution in [0.25, 0.3) is 0 Å². The summed E-state index contributed by atoms with van der Waals surface area (Å²) in [6.07, 6.45) is 7.02. The molecule has 1 aliphatic rings. The number of alkyl halides is 1. The number of halogens is 1. The summed E-state index contributed by atoms with van der Waals surface area (Å²) in [6.45, 7) is 0. The molecule has 0 radical (unpaired) electrons. The molecule has 1 rings (SSSR count). The number of hydrogen-bond acceptors (Lipinski definition) is 0. The van der Waals surface area contributed by atoms with Crippen LogP contribution in [0, 0.1) is 5.92 Å². The van der Waals surface area contributed by atoms with Gasteiger partial charge in [0.15, 0.2) is 0 Å². The van der Waals surface area contributed by atoms with Crippen molar-refractivity contribution < 1.29 is 2.85 Å². The summed E-state index contributed by atoms with van der Waals surface area (Å²) in [4.78, 5) is 0. The quantitative estimate of drug-likeness (QED) is 0.407. The molecule has 52 valence electrons. The second kappa shape index (κ2) is 5.81. The van der Waals surface area contributed by atoms with Crippen molar-refractivity contribution in [3.8, 4) is 0 Å². The number of hydrogen-bond donors (Lipinski definition) is 0. The van der Waals surface area contributed by atoms with E-state index in [1.165, 1.54) is 32.1 Å². The van der Waals surface area contributed by atoms with Crippen LogP contribution in [0.5, 0.6) is 0 Å². The molecule has 0 N–H and O–H groups in total. The summed E-state index contributed by atoms with van der Waals surface area (Å²) in [7, 11) is 0. The van der Waals surface area contributed by atoms with Crippen molar-refractivity contribution in [2.45, 2.75) is 32.1 Å². The second-order valence-electron chi connectivity index (χ2n) is 2.66. The Bertz CT molecular complexity index is 67.5. The molecule has 9 heavy (non-hydrogen) atoms. The average Bonchev–Trinajstić information content (AvgIpc) is 1.90. The SMILES string of the molecule is ClCC1CCCCC1.[H-].[H-].[Mg+2]. The fourth-order valence-corrected chi connectivity index (χ4v) is 1.65. The summed E-state index contributed by atoms with van der Waals surface area (Å²) < 4.78 is 0. The van der Waals surface area contributed by atoms with Gasteiger partial charge in [-0.1, -0.05) is 19.3 Å². The minimum Gasteiger partial charge on any atom is -1.00 e. The Labute approximate surface area is 81.5 Å². The van der Waals surface area contributed by atoms with Crippen LogP contribution in [0.4, 0.5) is 0 Å². The van der Waals surface area contributed by atoms with E-state index in [1.807, 2.05) is 0 Å². The molecule has 0 aromatic rings. The van der Waals surface area contributed by atoms with Gasteiger partial charge in [-0.05, 0) is 18.8 Å². The molecule has 0 amide bonds. The predicted molar refractivity (Wildman–Crippen MR) is 45.3 cm³/mol. The summed E-state index contributed by atoms with van der Waals surface area (Å²) >= 11 is 5.68. The topological polar surface area (TPSA) is 0 Å². The minimum absolute atomic E-state index is 0.